The molecule has 1 atom stereocenters. The molecule has 1 aliphatic heterocycles. The zero-order valence-electron chi connectivity index (χ0n) is 14.8. The number of hydrogen-bond acceptors (Lipinski definition) is 3. The first-order valence-corrected chi connectivity index (χ1v) is 8.61. The van der Waals surface area contributed by atoms with E-state index in [-0.39, 0.29) is 11.9 Å². The Morgan fingerprint density at radius 3 is 2.42 bits per heavy atom. The molecule has 24 heavy (non-hydrogen) atoms. The van der Waals surface area contributed by atoms with E-state index < -0.39 is 6.04 Å². The quantitative estimate of drug-likeness (QED) is 0.891. The molecule has 6 heteroatoms. The molecule has 2 rings (SSSR count). The molecule has 0 spiro atoms. The van der Waals surface area contributed by atoms with Crippen molar-refractivity contribution in [2.24, 2.45) is 0 Å². The molecule has 0 aliphatic carbocycles. The second-order valence-electron chi connectivity index (χ2n) is 6.50. The Morgan fingerprint density at radius 1 is 1.12 bits per heavy atom. The van der Waals surface area contributed by atoms with Crippen LogP contribution < -0.4 is 15.5 Å². The predicted molar refractivity (Wildman–Crippen MR) is 97.4 cm³/mol. The zero-order chi connectivity index (χ0) is 17.5. The van der Waals surface area contributed by atoms with Gasteiger partial charge in [-0.25, -0.2) is 4.79 Å². The lowest BCUT2D eigenvalue weighted by Crippen LogP contribution is -2.45. The van der Waals surface area contributed by atoms with E-state index in [0.29, 0.717) is 0 Å². The smallest absolute Gasteiger partial charge is 0.319 e. The summed E-state index contributed by atoms with van der Waals surface area (Å²) in [5, 5.41) is 5.48. The molecular weight excluding hydrogens is 304 g/mol. The molecule has 0 radical (unpaired) electrons. The highest BCUT2D eigenvalue weighted by Gasteiger charge is 2.17. The monoisotopic (exact) mass is 332 g/mol. The lowest BCUT2D eigenvalue weighted by Gasteiger charge is -2.23. The zero-order valence-corrected chi connectivity index (χ0v) is 14.8. The molecule has 132 valence electrons. The number of amides is 3. The van der Waals surface area contributed by atoms with Crippen molar-refractivity contribution in [2.75, 3.05) is 37.4 Å². The first-order chi connectivity index (χ1) is 11.5. The van der Waals surface area contributed by atoms with Gasteiger partial charge in [-0.3, -0.25) is 4.79 Å². The van der Waals surface area contributed by atoms with E-state index in [1.807, 2.05) is 18.2 Å². The van der Waals surface area contributed by atoms with Gasteiger partial charge in [-0.1, -0.05) is 18.9 Å². The third-order valence-corrected chi connectivity index (χ3v) is 4.23. The van der Waals surface area contributed by atoms with Crippen molar-refractivity contribution < 1.29 is 9.59 Å². The van der Waals surface area contributed by atoms with Crippen molar-refractivity contribution >= 4 is 23.3 Å². The Bertz CT molecular complexity index is 566. The number of hydrogen-bond donors (Lipinski definition) is 2. The fraction of sp³-hybridized carbons (Fsp3) is 0.556. The largest absolute Gasteiger partial charge is 0.371 e. The molecule has 1 heterocycles. The van der Waals surface area contributed by atoms with Gasteiger partial charge in [0, 0.05) is 38.6 Å². The van der Waals surface area contributed by atoms with Crippen molar-refractivity contribution in [3.8, 4) is 0 Å². The van der Waals surface area contributed by atoms with Crippen molar-refractivity contribution in [1.29, 1.82) is 0 Å². The average Bonchev–Trinajstić information content (AvgIpc) is 2.83. The fourth-order valence-corrected chi connectivity index (χ4v) is 2.92. The molecule has 6 nitrogen and oxygen atoms in total. The van der Waals surface area contributed by atoms with E-state index in [4.69, 9.17) is 0 Å². The summed E-state index contributed by atoms with van der Waals surface area (Å²) in [6.45, 7) is 3.80. The summed E-state index contributed by atoms with van der Waals surface area (Å²) in [7, 11) is 3.34. The number of benzene rings is 1. The van der Waals surface area contributed by atoms with Crippen LogP contribution in [-0.2, 0) is 4.79 Å². The van der Waals surface area contributed by atoms with Gasteiger partial charge < -0.3 is 20.4 Å². The van der Waals surface area contributed by atoms with Gasteiger partial charge in [-0.05, 0) is 38.0 Å². The number of carbonyl (C=O) groups is 2. The number of anilines is 2. The Labute approximate surface area is 144 Å². The van der Waals surface area contributed by atoms with Gasteiger partial charge in [0.25, 0.3) is 0 Å². The van der Waals surface area contributed by atoms with E-state index in [1.165, 1.54) is 30.6 Å². The van der Waals surface area contributed by atoms with Crippen LogP contribution >= 0.6 is 0 Å². The van der Waals surface area contributed by atoms with Gasteiger partial charge in [0.2, 0.25) is 5.91 Å². The maximum Gasteiger partial charge on any atom is 0.319 e. The molecule has 1 aromatic carbocycles. The summed E-state index contributed by atoms with van der Waals surface area (Å²) >= 11 is 0. The average molecular weight is 332 g/mol. The third-order valence-electron chi connectivity index (χ3n) is 4.23. The third kappa shape index (κ3) is 5.15. The van der Waals surface area contributed by atoms with E-state index in [1.54, 1.807) is 21.0 Å². The highest BCUT2D eigenvalue weighted by atomic mass is 16.2. The predicted octanol–water partition coefficient (Wildman–Crippen LogP) is 2.67. The van der Waals surface area contributed by atoms with E-state index in [2.05, 4.69) is 21.6 Å². The summed E-state index contributed by atoms with van der Waals surface area (Å²) in [5.74, 6) is -0.136. The van der Waals surface area contributed by atoms with Crippen LogP contribution in [0.25, 0.3) is 0 Å². The van der Waals surface area contributed by atoms with E-state index in [9.17, 15) is 9.59 Å². The number of nitrogens with one attached hydrogen (secondary N) is 2. The Kier molecular flexibility index (Phi) is 6.46. The van der Waals surface area contributed by atoms with Crippen molar-refractivity contribution in [3.63, 3.8) is 0 Å². The summed E-state index contributed by atoms with van der Waals surface area (Å²) < 4.78 is 0. The first-order valence-electron chi connectivity index (χ1n) is 8.61. The second kappa shape index (κ2) is 8.57. The fourth-order valence-electron chi connectivity index (χ4n) is 2.92. The van der Waals surface area contributed by atoms with Crippen LogP contribution in [0.5, 0.6) is 0 Å². The summed E-state index contributed by atoms with van der Waals surface area (Å²) in [5.41, 5.74) is 1.87. The second-order valence-corrected chi connectivity index (χ2v) is 6.50. The molecule has 3 amide bonds. The molecule has 1 aliphatic rings. The Morgan fingerprint density at radius 2 is 1.79 bits per heavy atom. The Balaban J connectivity index is 1.96. The highest BCUT2D eigenvalue weighted by molar-refractivity contribution is 5.93. The normalized spacial score (nSPS) is 16.0. The minimum atomic E-state index is -0.561. The minimum Gasteiger partial charge on any atom is -0.371 e. The lowest BCUT2D eigenvalue weighted by molar-refractivity contribution is -0.130. The van der Waals surface area contributed by atoms with Crippen LogP contribution in [0.1, 0.15) is 32.6 Å². The summed E-state index contributed by atoms with van der Waals surface area (Å²) in [6, 6.07) is 6.94. The highest BCUT2D eigenvalue weighted by Crippen LogP contribution is 2.22. The minimum absolute atomic E-state index is 0.136. The van der Waals surface area contributed by atoms with Crippen LogP contribution in [0.15, 0.2) is 24.3 Å². The summed E-state index contributed by atoms with van der Waals surface area (Å²) in [4.78, 5) is 27.7. The lowest BCUT2D eigenvalue weighted by atomic mass is 10.2. The van der Waals surface area contributed by atoms with Crippen molar-refractivity contribution in [2.45, 2.75) is 38.6 Å². The number of carbonyl (C=O) groups excluding carboxylic acids is 2. The van der Waals surface area contributed by atoms with Gasteiger partial charge in [0.05, 0.1) is 0 Å². The number of nitrogens with zero attached hydrogens (tertiary/aromatic N) is 2. The van der Waals surface area contributed by atoms with Gasteiger partial charge in [-0.15, -0.1) is 0 Å². The molecule has 0 saturated carbocycles. The molecule has 0 bridgehead atoms. The standard InChI is InChI=1S/C18H28N4O2/c1-14(17(23)21(2)3)19-18(24)20-15-9-8-10-16(13-15)22-11-6-4-5-7-12-22/h8-10,13-14H,4-7,11-12H2,1-3H3,(H2,19,20,24)/t14-/m0/s1. The molecule has 1 saturated heterocycles. The van der Waals surface area contributed by atoms with Gasteiger partial charge >= 0.3 is 6.03 Å². The van der Waals surface area contributed by atoms with Crippen LogP contribution in [0.2, 0.25) is 0 Å². The van der Waals surface area contributed by atoms with E-state index >= 15 is 0 Å². The topological polar surface area (TPSA) is 64.7 Å². The Hall–Kier alpha value is -2.24. The molecular formula is C18H28N4O2. The number of rotatable bonds is 4. The molecule has 2 N–H and O–H groups in total. The molecule has 0 aromatic heterocycles. The molecule has 1 fully saturated rings. The van der Waals surface area contributed by atoms with Crippen LogP contribution in [0.3, 0.4) is 0 Å². The van der Waals surface area contributed by atoms with Gasteiger partial charge in [0.1, 0.15) is 6.04 Å². The van der Waals surface area contributed by atoms with Crippen LogP contribution in [-0.4, -0.2) is 50.1 Å². The first kappa shape index (κ1) is 18.1. The summed E-state index contributed by atoms with van der Waals surface area (Å²) in [6.07, 6.45) is 4.99. The van der Waals surface area contributed by atoms with Crippen LogP contribution in [0, 0.1) is 0 Å². The van der Waals surface area contributed by atoms with Crippen LogP contribution in [0.4, 0.5) is 16.2 Å². The maximum absolute atomic E-state index is 12.1. The van der Waals surface area contributed by atoms with Gasteiger partial charge in [-0.2, -0.15) is 0 Å². The van der Waals surface area contributed by atoms with Gasteiger partial charge in [0.15, 0.2) is 0 Å². The number of urea groups is 1. The SMILES string of the molecule is C[C@H](NC(=O)Nc1cccc(N2CCCCCC2)c1)C(=O)N(C)C. The van der Waals surface area contributed by atoms with Crippen molar-refractivity contribution in [1.82, 2.24) is 10.2 Å². The number of likely N-dealkylation sites (N-methyl/N-ethyl adjacent to an activating group) is 1. The molecule has 1 aromatic rings. The van der Waals surface area contributed by atoms with Crippen molar-refractivity contribution in [3.05, 3.63) is 24.3 Å². The maximum atomic E-state index is 12.1. The van der Waals surface area contributed by atoms with E-state index in [0.717, 1.165) is 24.5 Å². The molecule has 0 unspecified atom stereocenters.